The van der Waals surface area contributed by atoms with Crippen molar-refractivity contribution in [3.05, 3.63) is 105 Å². The normalized spacial score (nSPS) is 17.8. The Morgan fingerprint density at radius 2 is 1.76 bits per heavy atom. The van der Waals surface area contributed by atoms with Crippen molar-refractivity contribution in [1.82, 2.24) is 0 Å². The number of nitrogens with zero attached hydrogens (tertiary/aromatic N) is 1. The third-order valence-corrected chi connectivity index (χ3v) is 6.34. The zero-order valence-corrected chi connectivity index (χ0v) is 20.0. The van der Waals surface area contributed by atoms with Crippen molar-refractivity contribution in [3.63, 3.8) is 0 Å². The average molecular weight is 502 g/mol. The van der Waals surface area contributed by atoms with E-state index in [0.29, 0.717) is 5.69 Å². The number of benzene rings is 2. The van der Waals surface area contributed by atoms with E-state index in [1.54, 1.807) is 36.4 Å². The van der Waals surface area contributed by atoms with Crippen LogP contribution in [0, 0.1) is 6.92 Å². The predicted octanol–water partition coefficient (Wildman–Crippen LogP) is 2.06. The molecule has 2 aromatic carbocycles. The van der Waals surface area contributed by atoms with Crippen LogP contribution in [0.4, 0.5) is 5.69 Å². The number of nitrogens with two attached hydrogens (primary N) is 1. The van der Waals surface area contributed by atoms with Gasteiger partial charge in [0, 0.05) is 17.3 Å². The first-order chi connectivity index (χ1) is 17.8. The van der Waals surface area contributed by atoms with E-state index in [2.05, 4.69) is 0 Å². The molecular weight excluding hydrogens is 480 g/mol. The summed E-state index contributed by atoms with van der Waals surface area (Å²) in [5.74, 6) is -2.65. The molecule has 1 amide bonds. The molecule has 0 aliphatic carbocycles. The Balaban J connectivity index is 1.65. The number of methoxy groups -OCH3 is 1. The van der Waals surface area contributed by atoms with Crippen LogP contribution in [0.1, 0.15) is 22.5 Å². The molecule has 2 aliphatic rings. The highest BCUT2D eigenvalue weighted by molar-refractivity contribution is 6.19. The van der Waals surface area contributed by atoms with E-state index in [9.17, 15) is 19.2 Å². The molecule has 5 rings (SSSR count). The minimum Gasteiger partial charge on any atom is -0.465 e. The van der Waals surface area contributed by atoms with Gasteiger partial charge in [0.2, 0.25) is 11.8 Å². The molecule has 0 bridgehead atoms. The zero-order valence-electron chi connectivity index (χ0n) is 20.0. The number of esters is 2. The van der Waals surface area contributed by atoms with Gasteiger partial charge >= 0.3 is 17.6 Å². The van der Waals surface area contributed by atoms with Gasteiger partial charge in [0.05, 0.1) is 7.11 Å². The van der Waals surface area contributed by atoms with Gasteiger partial charge in [0.1, 0.15) is 41.2 Å². The van der Waals surface area contributed by atoms with Crippen LogP contribution in [-0.4, -0.2) is 31.5 Å². The highest BCUT2D eigenvalue weighted by atomic mass is 16.5. The van der Waals surface area contributed by atoms with Crippen LogP contribution in [0.5, 0.6) is 5.75 Å². The maximum Gasteiger partial charge on any atom is 0.344 e. The maximum atomic E-state index is 14.3. The van der Waals surface area contributed by atoms with Gasteiger partial charge < -0.3 is 24.4 Å². The van der Waals surface area contributed by atoms with Crippen LogP contribution < -0.4 is 21.0 Å². The van der Waals surface area contributed by atoms with Crippen molar-refractivity contribution in [2.24, 2.45) is 5.73 Å². The fraction of sp³-hybridized carbons (Fsp3) is 0.185. The van der Waals surface area contributed by atoms with Crippen molar-refractivity contribution in [1.29, 1.82) is 0 Å². The lowest BCUT2D eigenvalue weighted by Gasteiger charge is -2.34. The van der Waals surface area contributed by atoms with Crippen molar-refractivity contribution >= 4 is 23.5 Å². The van der Waals surface area contributed by atoms with Gasteiger partial charge in [-0.3, -0.25) is 14.5 Å². The van der Waals surface area contributed by atoms with Gasteiger partial charge in [-0.05, 0) is 18.6 Å². The number of carbonyl (C=O) groups is 3. The Morgan fingerprint density at radius 1 is 1.05 bits per heavy atom. The fourth-order valence-corrected chi connectivity index (χ4v) is 4.84. The summed E-state index contributed by atoms with van der Waals surface area (Å²) in [6, 6.07) is 17.0. The fourth-order valence-electron chi connectivity index (χ4n) is 4.84. The largest absolute Gasteiger partial charge is 0.465 e. The first-order valence-corrected chi connectivity index (χ1v) is 11.3. The topological polar surface area (TPSA) is 138 Å². The van der Waals surface area contributed by atoms with E-state index in [4.69, 9.17) is 24.4 Å². The Kier molecular flexibility index (Phi) is 5.79. The number of carbonyl (C=O) groups excluding carboxylic acids is 3. The number of hydrogen-bond acceptors (Lipinski definition) is 9. The second kappa shape index (κ2) is 8.98. The number of para-hydroxylation sites is 1. The van der Waals surface area contributed by atoms with E-state index in [1.807, 2.05) is 18.2 Å². The van der Waals surface area contributed by atoms with Crippen LogP contribution >= 0.6 is 0 Å². The molecule has 3 heterocycles. The first-order valence-electron chi connectivity index (χ1n) is 11.3. The molecule has 2 aliphatic heterocycles. The lowest BCUT2D eigenvalue weighted by atomic mass is 9.69. The molecule has 0 fully saturated rings. The third-order valence-electron chi connectivity index (χ3n) is 6.34. The summed E-state index contributed by atoms with van der Waals surface area (Å²) < 4.78 is 21.3. The number of anilines is 1. The molecule has 1 spiro atoms. The third kappa shape index (κ3) is 3.65. The number of aryl methyl sites for hydroxylation is 1. The molecule has 1 unspecified atom stereocenters. The lowest BCUT2D eigenvalue weighted by molar-refractivity contribution is -0.144. The van der Waals surface area contributed by atoms with E-state index >= 15 is 0 Å². The number of fused-ring (bicyclic) bond motifs is 4. The molecule has 1 aromatic heterocycles. The van der Waals surface area contributed by atoms with Gasteiger partial charge in [0.15, 0.2) is 0 Å². The Labute approximate surface area is 210 Å². The number of ether oxygens (including phenoxy) is 3. The lowest BCUT2D eigenvalue weighted by Crippen LogP contribution is -2.51. The van der Waals surface area contributed by atoms with E-state index in [0.717, 1.165) is 17.6 Å². The molecule has 2 N–H and O–H groups in total. The number of hydrogen-bond donors (Lipinski definition) is 1. The Bertz CT molecular complexity index is 1520. The molecular formula is C27H22N2O8. The minimum atomic E-state index is -2.06. The van der Waals surface area contributed by atoms with E-state index in [1.165, 1.54) is 13.0 Å². The number of amides is 1. The summed E-state index contributed by atoms with van der Waals surface area (Å²) in [5, 5.41) is 0. The SMILES string of the molecule is COC(=O)C1=C(N)Oc2cc(C)oc(=O)c2C12C(=O)N(CC(=O)OCc1ccccc1)c1ccccc12. The second-order valence-corrected chi connectivity index (χ2v) is 8.52. The quantitative estimate of drug-likeness (QED) is 0.520. The summed E-state index contributed by atoms with van der Waals surface area (Å²) in [6.45, 7) is 1.06. The Hall–Kier alpha value is -4.86. The van der Waals surface area contributed by atoms with E-state index < -0.39 is 41.3 Å². The molecule has 1 atom stereocenters. The van der Waals surface area contributed by atoms with Crippen LogP contribution in [0.25, 0.3) is 0 Å². The molecule has 0 radical (unpaired) electrons. The minimum absolute atomic E-state index is 0.00823. The van der Waals surface area contributed by atoms with E-state index in [-0.39, 0.29) is 34.8 Å². The molecule has 0 saturated carbocycles. The summed E-state index contributed by atoms with van der Waals surface area (Å²) in [6.07, 6.45) is 0. The van der Waals surface area contributed by atoms with Crippen molar-refractivity contribution in [3.8, 4) is 5.75 Å². The predicted molar refractivity (Wildman–Crippen MR) is 129 cm³/mol. The summed E-state index contributed by atoms with van der Waals surface area (Å²) in [7, 11) is 1.12. The van der Waals surface area contributed by atoms with Gasteiger partial charge in [-0.15, -0.1) is 0 Å². The second-order valence-electron chi connectivity index (χ2n) is 8.52. The molecule has 10 nitrogen and oxygen atoms in total. The van der Waals surface area contributed by atoms with Crippen molar-refractivity contribution in [2.75, 3.05) is 18.6 Å². The zero-order chi connectivity index (χ0) is 26.3. The summed E-state index contributed by atoms with van der Waals surface area (Å²) in [4.78, 5) is 54.6. The molecule has 0 saturated heterocycles. The van der Waals surface area contributed by atoms with Crippen LogP contribution in [0.15, 0.2) is 81.3 Å². The molecule has 188 valence electrons. The summed E-state index contributed by atoms with van der Waals surface area (Å²) in [5.41, 5.74) is 3.93. The van der Waals surface area contributed by atoms with Crippen LogP contribution in [-0.2, 0) is 35.9 Å². The highest BCUT2D eigenvalue weighted by Crippen LogP contribution is 2.54. The molecule has 10 heteroatoms. The smallest absolute Gasteiger partial charge is 0.344 e. The molecule has 3 aromatic rings. The number of rotatable bonds is 5. The van der Waals surface area contributed by atoms with Gasteiger partial charge in [-0.2, -0.15) is 0 Å². The van der Waals surface area contributed by atoms with Gasteiger partial charge in [-0.25, -0.2) is 9.59 Å². The maximum absolute atomic E-state index is 14.3. The monoisotopic (exact) mass is 502 g/mol. The standard InChI is InChI=1S/C27H22N2O8/c1-15-12-19-21(25(32)36-15)27(22(23(28)37-19)24(31)34-2)17-10-6-7-11-18(17)29(26(27)33)13-20(30)35-14-16-8-4-3-5-9-16/h3-12H,13-14,28H2,1-2H3. The average Bonchev–Trinajstić information content (AvgIpc) is 3.11. The van der Waals surface area contributed by atoms with Gasteiger partial charge in [0.25, 0.3) is 0 Å². The summed E-state index contributed by atoms with van der Waals surface area (Å²) >= 11 is 0. The van der Waals surface area contributed by atoms with Crippen LogP contribution in [0.2, 0.25) is 0 Å². The van der Waals surface area contributed by atoms with Crippen molar-refractivity contribution in [2.45, 2.75) is 18.9 Å². The first kappa shape index (κ1) is 23.9. The van der Waals surface area contributed by atoms with Crippen LogP contribution in [0.3, 0.4) is 0 Å². The highest BCUT2D eigenvalue weighted by Gasteiger charge is 2.63. The van der Waals surface area contributed by atoms with Gasteiger partial charge in [-0.1, -0.05) is 48.5 Å². The Morgan fingerprint density at radius 3 is 2.49 bits per heavy atom. The van der Waals surface area contributed by atoms with Crippen molar-refractivity contribution < 1.29 is 33.0 Å². The molecule has 37 heavy (non-hydrogen) atoms.